The van der Waals surface area contributed by atoms with E-state index in [2.05, 4.69) is 22.5 Å². The standard InChI is InChI=1S/C17H19N3O/c1-11-9-15(12(2)21-11)17(20-18)10-13-7-8-19-16-6-4-3-5-14(13)16/h3-9,17,20H,10,18H2,1-2H3. The van der Waals surface area contributed by atoms with E-state index in [-0.39, 0.29) is 6.04 Å². The highest BCUT2D eigenvalue weighted by molar-refractivity contribution is 5.81. The van der Waals surface area contributed by atoms with Crippen LogP contribution in [0.3, 0.4) is 0 Å². The van der Waals surface area contributed by atoms with Crippen molar-refractivity contribution >= 4 is 10.9 Å². The SMILES string of the molecule is Cc1cc(C(Cc2ccnc3ccccc23)NN)c(C)o1. The van der Waals surface area contributed by atoms with Crippen LogP contribution in [0.1, 0.15) is 28.7 Å². The fraction of sp³-hybridized carbons (Fsp3) is 0.235. The number of nitrogens with one attached hydrogen (secondary N) is 1. The molecule has 0 aliphatic heterocycles. The summed E-state index contributed by atoms with van der Waals surface area (Å²) >= 11 is 0. The molecule has 1 aromatic carbocycles. The van der Waals surface area contributed by atoms with Crippen molar-refractivity contribution in [2.24, 2.45) is 5.84 Å². The molecular weight excluding hydrogens is 262 g/mol. The normalized spacial score (nSPS) is 12.7. The van der Waals surface area contributed by atoms with Crippen molar-refractivity contribution in [3.05, 3.63) is 65.2 Å². The van der Waals surface area contributed by atoms with Crippen LogP contribution >= 0.6 is 0 Å². The first-order valence-electron chi connectivity index (χ1n) is 7.04. The minimum atomic E-state index is 0.0215. The average molecular weight is 281 g/mol. The largest absolute Gasteiger partial charge is 0.466 e. The van der Waals surface area contributed by atoms with Crippen molar-refractivity contribution in [1.82, 2.24) is 10.4 Å². The van der Waals surface area contributed by atoms with E-state index >= 15 is 0 Å². The van der Waals surface area contributed by atoms with Gasteiger partial charge in [0.25, 0.3) is 0 Å². The summed E-state index contributed by atoms with van der Waals surface area (Å²) in [6, 6.07) is 12.3. The first-order chi connectivity index (χ1) is 10.2. The van der Waals surface area contributed by atoms with Crippen molar-refractivity contribution in [1.29, 1.82) is 0 Å². The molecule has 4 nitrogen and oxygen atoms in total. The third-order valence-corrected chi connectivity index (χ3v) is 3.82. The molecule has 0 aliphatic carbocycles. The summed E-state index contributed by atoms with van der Waals surface area (Å²) in [6.45, 7) is 3.92. The fourth-order valence-electron chi connectivity index (χ4n) is 2.81. The van der Waals surface area contributed by atoms with E-state index in [0.29, 0.717) is 0 Å². The Morgan fingerprint density at radius 3 is 2.76 bits per heavy atom. The van der Waals surface area contributed by atoms with E-state index in [4.69, 9.17) is 10.3 Å². The fourth-order valence-corrected chi connectivity index (χ4v) is 2.81. The molecule has 1 unspecified atom stereocenters. The lowest BCUT2D eigenvalue weighted by Crippen LogP contribution is -2.29. The molecule has 0 saturated carbocycles. The number of hydrogen-bond donors (Lipinski definition) is 2. The number of benzene rings is 1. The maximum atomic E-state index is 5.77. The number of nitrogens with zero attached hydrogens (tertiary/aromatic N) is 1. The Labute approximate surface area is 124 Å². The molecule has 3 aromatic rings. The number of aromatic nitrogens is 1. The van der Waals surface area contributed by atoms with Gasteiger partial charge in [-0.05, 0) is 44.0 Å². The minimum absolute atomic E-state index is 0.0215. The number of hydrogen-bond acceptors (Lipinski definition) is 4. The molecule has 0 radical (unpaired) electrons. The maximum absolute atomic E-state index is 5.77. The van der Waals surface area contributed by atoms with Gasteiger partial charge in [0, 0.05) is 17.1 Å². The first kappa shape index (κ1) is 13.8. The number of rotatable bonds is 4. The summed E-state index contributed by atoms with van der Waals surface area (Å²) < 4.78 is 5.61. The van der Waals surface area contributed by atoms with Crippen LogP contribution in [0.5, 0.6) is 0 Å². The van der Waals surface area contributed by atoms with Crippen LogP contribution in [-0.4, -0.2) is 4.98 Å². The molecule has 2 heterocycles. The molecule has 2 aromatic heterocycles. The van der Waals surface area contributed by atoms with Crippen LogP contribution in [0.15, 0.2) is 47.0 Å². The lowest BCUT2D eigenvalue weighted by atomic mass is 9.97. The van der Waals surface area contributed by atoms with Gasteiger partial charge in [-0.15, -0.1) is 0 Å². The van der Waals surface area contributed by atoms with Crippen molar-refractivity contribution in [3.63, 3.8) is 0 Å². The van der Waals surface area contributed by atoms with E-state index < -0.39 is 0 Å². The van der Waals surface area contributed by atoms with Crippen LogP contribution in [0, 0.1) is 13.8 Å². The van der Waals surface area contributed by atoms with E-state index in [1.165, 1.54) is 5.56 Å². The number of nitrogens with two attached hydrogens (primary N) is 1. The predicted molar refractivity (Wildman–Crippen MR) is 83.7 cm³/mol. The zero-order valence-electron chi connectivity index (χ0n) is 12.3. The van der Waals surface area contributed by atoms with Crippen molar-refractivity contribution in [2.45, 2.75) is 26.3 Å². The van der Waals surface area contributed by atoms with Crippen LogP contribution < -0.4 is 11.3 Å². The molecule has 3 rings (SSSR count). The molecule has 21 heavy (non-hydrogen) atoms. The zero-order valence-corrected chi connectivity index (χ0v) is 12.3. The number of hydrazine groups is 1. The maximum Gasteiger partial charge on any atom is 0.105 e. The summed E-state index contributed by atoms with van der Waals surface area (Å²) in [5.74, 6) is 7.58. The lowest BCUT2D eigenvalue weighted by Gasteiger charge is -2.16. The quantitative estimate of drug-likeness (QED) is 0.569. The van der Waals surface area contributed by atoms with Crippen LogP contribution in [0.2, 0.25) is 0 Å². The molecule has 4 heteroatoms. The van der Waals surface area contributed by atoms with Crippen molar-refractivity contribution in [2.75, 3.05) is 0 Å². The lowest BCUT2D eigenvalue weighted by molar-refractivity contribution is 0.485. The highest BCUT2D eigenvalue weighted by Gasteiger charge is 2.17. The highest BCUT2D eigenvalue weighted by Crippen LogP contribution is 2.26. The second kappa shape index (κ2) is 5.68. The molecular formula is C17H19N3O. The average Bonchev–Trinajstić information content (AvgIpc) is 2.83. The summed E-state index contributed by atoms with van der Waals surface area (Å²) in [4.78, 5) is 4.40. The van der Waals surface area contributed by atoms with E-state index in [9.17, 15) is 0 Å². The van der Waals surface area contributed by atoms with Gasteiger partial charge in [0.1, 0.15) is 11.5 Å². The van der Waals surface area contributed by atoms with Crippen molar-refractivity contribution in [3.8, 4) is 0 Å². The smallest absolute Gasteiger partial charge is 0.105 e. The summed E-state index contributed by atoms with van der Waals surface area (Å²) in [5.41, 5.74) is 6.24. The van der Waals surface area contributed by atoms with Gasteiger partial charge in [0.05, 0.1) is 11.6 Å². The van der Waals surface area contributed by atoms with Gasteiger partial charge in [0.15, 0.2) is 0 Å². The van der Waals surface area contributed by atoms with Crippen LogP contribution in [0.25, 0.3) is 10.9 Å². The molecule has 0 bridgehead atoms. The van der Waals surface area contributed by atoms with Gasteiger partial charge in [-0.3, -0.25) is 16.3 Å². The Balaban J connectivity index is 1.98. The molecule has 3 N–H and O–H groups in total. The molecule has 0 fully saturated rings. The molecule has 0 spiro atoms. The summed E-state index contributed by atoms with van der Waals surface area (Å²) in [5, 5.41) is 1.16. The topological polar surface area (TPSA) is 64.1 Å². The van der Waals surface area contributed by atoms with Gasteiger partial charge in [-0.2, -0.15) is 0 Å². The van der Waals surface area contributed by atoms with Gasteiger partial charge in [-0.25, -0.2) is 0 Å². The summed E-state index contributed by atoms with van der Waals surface area (Å²) in [7, 11) is 0. The number of furan rings is 1. The number of fused-ring (bicyclic) bond motifs is 1. The number of para-hydroxylation sites is 1. The molecule has 0 saturated heterocycles. The molecule has 0 aliphatic rings. The zero-order chi connectivity index (χ0) is 14.8. The monoisotopic (exact) mass is 281 g/mol. The third kappa shape index (κ3) is 2.68. The van der Waals surface area contributed by atoms with Gasteiger partial charge < -0.3 is 4.42 Å². The Hall–Kier alpha value is -2.17. The van der Waals surface area contributed by atoms with E-state index in [1.807, 2.05) is 44.3 Å². The van der Waals surface area contributed by atoms with E-state index in [0.717, 1.165) is 34.4 Å². The molecule has 1 atom stereocenters. The second-order valence-electron chi connectivity index (χ2n) is 5.28. The Morgan fingerprint density at radius 2 is 2.05 bits per heavy atom. The Bertz CT molecular complexity index is 758. The predicted octanol–water partition coefficient (Wildman–Crippen LogP) is 3.19. The van der Waals surface area contributed by atoms with Gasteiger partial charge in [0.2, 0.25) is 0 Å². The van der Waals surface area contributed by atoms with Crippen molar-refractivity contribution < 1.29 is 4.42 Å². The van der Waals surface area contributed by atoms with Gasteiger partial charge in [-0.1, -0.05) is 18.2 Å². The number of pyridine rings is 1. The highest BCUT2D eigenvalue weighted by atomic mass is 16.3. The molecule has 108 valence electrons. The minimum Gasteiger partial charge on any atom is -0.466 e. The second-order valence-corrected chi connectivity index (χ2v) is 5.28. The Kier molecular flexibility index (Phi) is 3.73. The third-order valence-electron chi connectivity index (χ3n) is 3.82. The van der Waals surface area contributed by atoms with Crippen LogP contribution in [-0.2, 0) is 6.42 Å². The van der Waals surface area contributed by atoms with Crippen LogP contribution in [0.4, 0.5) is 0 Å². The van der Waals surface area contributed by atoms with Gasteiger partial charge >= 0.3 is 0 Å². The summed E-state index contributed by atoms with van der Waals surface area (Å²) in [6.07, 6.45) is 2.64. The molecule has 0 amide bonds. The number of aryl methyl sites for hydroxylation is 2. The van der Waals surface area contributed by atoms with E-state index in [1.54, 1.807) is 0 Å². The first-order valence-corrected chi connectivity index (χ1v) is 7.04. The Morgan fingerprint density at radius 1 is 1.24 bits per heavy atom.